The Kier molecular flexibility index (Phi) is 3.79. The summed E-state index contributed by atoms with van der Waals surface area (Å²) < 4.78 is 26.3. The molecule has 2 aromatic heterocycles. The average Bonchev–Trinajstić information content (AvgIpc) is 2.98. The molecular weight excluding hydrogens is 284 g/mol. The molecule has 0 amide bonds. The number of aromatic amines is 2. The first-order chi connectivity index (χ1) is 9.42. The summed E-state index contributed by atoms with van der Waals surface area (Å²) in [6, 6.07) is 2.65. The molecule has 0 atom stereocenters. The highest BCUT2D eigenvalue weighted by Crippen LogP contribution is 2.16. The molecule has 2 aromatic rings. The molecular formula is C11H14N4O4S. The maximum absolute atomic E-state index is 12.0. The molecule has 0 saturated carbocycles. The van der Waals surface area contributed by atoms with Crippen molar-refractivity contribution >= 4 is 21.8 Å². The molecule has 0 bridgehead atoms. The minimum Gasteiger partial charge on any atom is -0.477 e. The zero-order chi connectivity index (χ0) is 14.8. The van der Waals surface area contributed by atoms with Crippen LogP contribution in [0.5, 0.6) is 0 Å². The Morgan fingerprint density at radius 1 is 1.45 bits per heavy atom. The summed E-state index contributed by atoms with van der Waals surface area (Å²) in [5.41, 5.74) is 0.629. The lowest BCUT2D eigenvalue weighted by molar-refractivity contribution is 0.0691. The van der Waals surface area contributed by atoms with E-state index in [-0.39, 0.29) is 16.4 Å². The standard InChI is InChI=1S/C11H14N4O4S/c1-2-3-7-4-10(14-13-7)15-20(18,19)8-5-9(11(16)17)12-6-8/h4-6,12H,2-3H2,1H3,(H,16,17)(H2,13,14,15). The molecule has 0 fully saturated rings. The Hall–Kier alpha value is -2.29. The van der Waals surface area contributed by atoms with Crippen molar-refractivity contribution in [2.45, 2.75) is 24.7 Å². The Labute approximate surface area is 115 Å². The van der Waals surface area contributed by atoms with Crippen LogP contribution >= 0.6 is 0 Å². The molecule has 0 saturated heterocycles. The van der Waals surface area contributed by atoms with Crippen LogP contribution in [-0.4, -0.2) is 34.7 Å². The Morgan fingerprint density at radius 3 is 2.80 bits per heavy atom. The number of carboxylic acids is 1. The molecule has 0 spiro atoms. The van der Waals surface area contributed by atoms with E-state index < -0.39 is 16.0 Å². The summed E-state index contributed by atoms with van der Waals surface area (Å²) in [7, 11) is -3.85. The van der Waals surface area contributed by atoms with Crippen molar-refractivity contribution in [1.29, 1.82) is 0 Å². The van der Waals surface area contributed by atoms with Crippen LogP contribution in [0.4, 0.5) is 5.82 Å². The lowest BCUT2D eigenvalue weighted by Crippen LogP contribution is -2.12. The highest BCUT2D eigenvalue weighted by Gasteiger charge is 2.19. The van der Waals surface area contributed by atoms with Crippen LogP contribution in [0.15, 0.2) is 23.2 Å². The largest absolute Gasteiger partial charge is 0.477 e. The first kappa shape index (κ1) is 14.1. The SMILES string of the molecule is CCCc1cc(NS(=O)(=O)c2c[nH]c(C(=O)O)c2)n[nH]1. The fourth-order valence-corrected chi connectivity index (χ4v) is 2.65. The van der Waals surface area contributed by atoms with Gasteiger partial charge in [-0.15, -0.1) is 0 Å². The summed E-state index contributed by atoms with van der Waals surface area (Å²) in [6.45, 7) is 2.00. The number of aromatic carboxylic acids is 1. The maximum atomic E-state index is 12.0. The lowest BCUT2D eigenvalue weighted by Gasteiger charge is -2.01. The molecule has 0 aromatic carbocycles. The number of carboxylic acid groups (broad SMARTS) is 1. The van der Waals surface area contributed by atoms with E-state index >= 15 is 0 Å². The molecule has 4 N–H and O–H groups in total. The smallest absolute Gasteiger partial charge is 0.352 e. The number of aryl methyl sites for hydroxylation is 1. The van der Waals surface area contributed by atoms with Crippen molar-refractivity contribution in [3.8, 4) is 0 Å². The van der Waals surface area contributed by atoms with Crippen molar-refractivity contribution in [1.82, 2.24) is 15.2 Å². The third-order valence-electron chi connectivity index (χ3n) is 2.59. The van der Waals surface area contributed by atoms with E-state index in [4.69, 9.17) is 5.11 Å². The van der Waals surface area contributed by atoms with Gasteiger partial charge in [0.25, 0.3) is 10.0 Å². The van der Waals surface area contributed by atoms with E-state index in [1.54, 1.807) is 6.07 Å². The number of hydrogen-bond donors (Lipinski definition) is 4. The van der Waals surface area contributed by atoms with Gasteiger partial charge in [-0.25, -0.2) is 13.2 Å². The monoisotopic (exact) mass is 298 g/mol. The molecule has 8 nitrogen and oxygen atoms in total. The second-order valence-electron chi connectivity index (χ2n) is 4.19. The Bertz CT molecular complexity index is 716. The molecule has 2 heterocycles. The predicted molar refractivity (Wildman–Crippen MR) is 71.1 cm³/mol. The van der Waals surface area contributed by atoms with Gasteiger partial charge in [-0.1, -0.05) is 13.3 Å². The summed E-state index contributed by atoms with van der Waals surface area (Å²) in [6.07, 6.45) is 2.79. The fourth-order valence-electron chi connectivity index (χ4n) is 1.66. The molecule has 0 radical (unpaired) electrons. The van der Waals surface area contributed by atoms with E-state index in [9.17, 15) is 13.2 Å². The van der Waals surface area contributed by atoms with Crippen molar-refractivity contribution in [3.05, 3.63) is 29.7 Å². The van der Waals surface area contributed by atoms with Crippen molar-refractivity contribution in [2.24, 2.45) is 0 Å². The molecule has 20 heavy (non-hydrogen) atoms. The molecule has 2 rings (SSSR count). The van der Waals surface area contributed by atoms with Gasteiger partial charge in [0, 0.05) is 18.0 Å². The number of nitrogens with zero attached hydrogens (tertiary/aromatic N) is 1. The minimum absolute atomic E-state index is 0.157. The summed E-state index contributed by atoms with van der Waals surface area (Å²) >= 11 is 0. The van der Waals surface area contributed by atoms with Gasteiger partial charge >= 0.3 is 5.97 Å². The number of aromatic nitrogens is 3. The van der Waals surface area contributed by atoms with Crippen LogP contribution in [-0.2, 0) is 16.4 Å². The summed E-state index contributed by atoms with van der Waals surface area (Å²) in [4.78, 5) is 12.9. The second kappa shape index (κ2) is 5.37. The molecule has 0 aliphatic heterocycles. The van der Waals surface area contributed by atoms with Crippen LogP contribution in [0.1, 0.15) is 29.5 Å². The number of sulfonamides is 1. The van der Waals surface area contributed by atoms with Crippen LogP contribution < -0.4 is 4.72 Å². The number of nitrogens with one attached hydrogen (secondary N) is 3. The first-order valence-corrected chi connectivity index (χ1v) is 7.39. The van der Waals surface area contributed by atoms with Crippen molar-refractivity contribution < 1.29 is 18.3 Å². The average molecular weight is 298 g/mol. The van der Waals surface area contributed by atoms with Gasteiger partial charge in [-0.2, -0.15) is 5.10 Å². The van der Waals surface area contributed by atoms with Crippen LogP contribution in [0.2, 0.25) is 0 Å². The van der Waals surface area contributed by atoms with E-state index in [0.29, 0.717) is 0 Å². The highest BCUT2D eigenvalue weighted by molar-refractivity contribution is 7.92. The Balaban J connectivity index is 2.19. The van der Waals surface area contributed by atoms with Gasteiger partial charge in [-0.05, 0) is 12.5 Å². The maximum Gasteiger partial charge on any atom is 0.352 e. The molecule has 0 unspecified atom stereocenters. The summed E-state index contributed by atoms with van der Waals surface area (Å²) in [5, 5.41) is 15.3. The number of rotatable bonds is 6. The lowest BCUT2D eigenvalue weighted by atomic mass is 10.2. The minimum atomic E-state index is -3.85. The van der Waals surface area contributed by atoms with Gasteiger partial charge in [0.15, 0.2) is 5.82 Å². The van der Waals surface area contributed by atoms with Crippen LogP contribution in [0.3, 0.4) is 0 Å². The highest BCUT2D eigenvalue weighted by atomic mass is 32.2. The topological polar surface area (TPSA) is 128 Å². The van der Waals surface area contributed by atoms with Crippen LogP contribution in [0, 0.1) is 0 Å². The zero-order valence-electron chi connectivity index (χ0n) is 10.7. The van der Waals surface area contributed by atoms with E-state index in [0.717, 1.165) is 30.8 Å². The Morgan fingerprint density at radius 2 is 2.20 bits per heavy atom. The van der Waals surface area contributed by atoms with Gasteiger partial charge in [0.05, 0.1) is 0 Å². The van der Waals surface area contributed by atoms with Gasteiger partial charge in [0.2, 0.25) is 0 Å². The normalized spacial score (nSPS) is 11.4. The van der Waals surface area contributed by atoms with Crippen LogP contribution in [0.25, 0.3) is 0 Å². The second-order valence-corrected chi connectivity index (χ2v) is 5.87. The van der Waals surface area contributed by atoms with Crippen molar-refractivity contribution in [3.63, 3.8) is 0 Å². The number of H-pyrrole nitrogens is 2. The number of anilines is 1. The number of hydrogen-bond acceptors (Lipinski definition) is 4. The van der Waals surface area contributed by atoms with Gasteiger partial charge in [0.1, 0.15) is 10.6 Å². The molecule has 0 aliphatic rings. The zero-order valence-corrected chi connectivity index (χ0v) is 11.5. The third kappa shape index (κ3) is 2.99. The van der Waals surface area contributed by atoms with E-state index in [1.165, 1.54) is 0 Å². The quantitative estimate of drug-likeness (QED) is 0.637. The summed E-state index contributed by atoms with van der Waals surface area (Å²) in [5.74, 6) is -1.05. The molecule has 9 heteroatoms. The van der Waals surface area contributed by atoms with Gasteiger partial charge in [-0.3, -0.25) is 9.82 Å². The van der Waals surface area contributed by atoms with E-state index in [2.05, 4.69) is 19.9 Å². The fraction of sp³-hybridized carbons (Fsp3) is 0.273. The van der Waals surface area contributed by atoms with Gasteiger partial charge < -0.3 is 10.1 Å². The number of carbonyl (C=O) groups is 1. The van der Waals surface area contributed by atoms with E-state index in [1.807, 2.05) is 6.92 Å². The molecule has 0 aliphatic carbocycles. The third-order valence-corrected chi connectivity index (χ3v) is 3.92. The first-order valence-electron chi connectivity index (χ1n) is 5.91. The molecule has 108 valence electrons. The van der Waals surface area contributed by atoms with Crippen molar-refractivity contribution in [2.75, 3.05) is 4.72 Å². The predicted octanol–water partition coefficient (Wildman–Crippen LogP) is 1.19.